The van der Waals surface area contributed by atoms with Crippen LogP contribution in [0.15, 0.2) is 60.7 Å². The van der Waals surface area contributed by atoms with E-state index in [1.165, 1.54) is 0 Å². The Labute approximate surface area is 157 Å². The van der Waals surface area contributed by atoms with Gasteiger partial charge in [-0.2, -0.15) is 5.10 Å². The number of carbonyl (C=O) groups is 1. The molecule has 1 aromatic heterocycles. The van der Waals surface area contributed by atoms with E-state index in [9.17, 15) is 4.79 Å². The van der Waals surface area contributed by atoms with Crippen LogP contribution in [0.2, 0.25) is 5.02 Å². The van der Waals surface area contributed by atoms with E-state index in [2.05, 4.69) is 15.1 Å². The van der Waals surface area contributed by atoms with Gasteiger partial charge in [0.1, 0.15) is 5.69 Å². The molecule has 3 aromatic rings. The lowest BCUT2D eigenvalue weighted by molar-refractivity contribution is 0.0741. The molecular weight excluding hydrogens is 348 g/mol. The highest BCUT2D eigenvalue weighted by atomic mass is 35.5. The Balaban J connectivity index is 1.42. The Morgan fingerprint density at radius 1 is 0.962 bits per heavy atom. The van der Waals surface area contributed by atoms with Gasteiger partial charge in [-0.15, -0.1) is 0 Å². The molecule has 6 heteroatoms. The average Bonchev–Trinajstić information content (AvgIpc) is 3.18. The maximum Gasteiger partial charge on any atom is 0.272 e. The van der Waals surface area contributed by atoms with Crippen LogP contribution in [0.1, 0.15) is 10.5 Å². The van der Waals surface area contributed by atoms with Gasteiger partial charge in [-0.1, -0.05) is 48.0 Å². The zero-order valence-electron chi connectivity index (χ0n) is 14.2. The van der Waals surface area contributed by atoms with Gasteiger partial charge in [0, 0.05) is 42.5 Å². The van der Waals surface area contributed by atoms with Crippen LogP contribution in [0, 0.1) is 0 Å². The number of aromatic amines is 1. The number of nitrogens with zero attached hydrogens (tertiary/aromatic N) is 3. The monoisotopic (exact) mass is 366 g/mol. The Kier molecular flexibility index (Phi) is 4.63. The molecule has 1 amide bonds. The van der Waals surface area contributed by atoms with E-state index in [1.54, 1.807) is 0 Å². The van der Waals surface area contributed by atoms with Crippen molar-refractivity contribution in [2.45, 2.75) is 0 Å². The predicted octanol–water partition coefficient (Wildman–Crippen LogP) is 3.69. The van der Waals surface area contributed by atoms with Crippen molar-refractivity contribution in [2.24, 2.45) is 0 Å². The summed E-state index contributed by atoms with van der Waals surface area (Å²) in [6.07, 6.45) is 0. The molecule has 0 atom stereocenters. The molecule has 2 heterocycles. The highest BCUT2D eigenvalue weighted by Crippen LogP contribution is 2.22. The zero-order chi connectivity index (χ0) is 17.9. The number of H-pyrrole nitrogens is 1. The van der Waals surface area contributed by atoms with Crippen LogP contribution in [0.3, 0.4) is 0 Å². The standard InChI is InChI=1S/C20H19ClN4O/c21-16-7-4-8-17(13-16)24-9-11-25(12-10-24)20(26)19-14-18(22-23-19)15-5-2-1-3-6-15/h1-8,13-14H,9-12H2,(H,22,23). The molecule has 0 aliphatic carbocycles. The largest absolute Gasteiger partial charge is 0.368 e. The molecule has 0 radical (unpaired) electrons. The number of carbonyl (C=O) groups excluding carboxylic acids is 1. The number of hydrogen-bond acceptors (Lipinski definition) is 3. The summed E-state index contributed by atoms with van der Waals surface area (Å²) >= 11 is 6.07. The van der Waals surface area contributed by atoms with Crippen LogP contribution in [0.4, 0.5) is 5.69 Å². The van der Waals surface area contributed by atoms with Crippen LogP contribution >= 0.6 is 11.6 Å². The molecule has 2 aromatic carbocycles. The van der Waals surface area contributed by atoms with Crippen molar-refractivity contribution < 1.29 is 4.79 Å². The molecule has 0 unspecified atom stereocenters. The topological polar surface area (TPSA) is 52.2 Å². The van der Waals surface area contributed by atoms with E-state index >= 15 is 0 Å². The van der Waals surface area contributed by atoms with Crippen LogP contribution < -0.4 is 4.90 Å². The number of anilines is 1. The summed E-state index contributed by atoms with van der Waals surface area (Å²) in [5, 5.41) is 7.89. The minimum atomic E-state index is -0.00887. The van der Waals surface area contributed by atoms with Gasteiger partial charge in [-0.25, -0.2) is 0 Å². The van der Waals surface area contributed by atoms with Crippen molar-refractivity contribution in [3.8, 4) is 11.3 Å². The number of hydrogen-bond donors (Lipinski definition) is 1. The number of amides is 1. The van der Waals surface area contributed by atoms with Gasteiger partial charge in [0.15, 0.2) is 0 Å². The molecule has 4 rings (SSSR count). The molecular formula is C20H19ClN4O. The quantitative estimate of drug-likeness (QED) is 0.769. The SMILES string of the molecule is O=C(c1cc(-c2ccccc2)n[nH]1)N1CCN(c2cccc(Cl)c2)CC1. The number of nitrogens with one attached hydrogen (secondary N) is 1. The summed E-state index contributed by atoms with van der Waals surface area (Å²) in [5.74, 6) is -0.00887. The minimum Gasteiger partial charge on any atom is -0.368 e. The normalized spacial score (nSPS) is 14.5. The number of rotatable bonds is 3. The fourth-order valence-corrected chi connectivity index (χ4v) is 3.38. The van der Waals surface area contributed by atoms with Crippen LogP contribution in [-0.2, 0) is 0 Å². The van der Waals surface area contributed by atoms with Crippen LogP contribution in [0.25, 0.3) is 11.3 Å². The maximum absolute atomic E-state index is 12.8. The van der Waals surface area contributed by atoms with Crippen molar-refractivity contribution in [3.63, 3.8) is 0 Å². The first-order valence-corrected chi connectivity index (χ1v) is 8.99. The number of aromatic nitrogens is 2. The smallest absolute Gasteiger partial charge is 0.272 e. The Bertz CT molecular complexity index is 901. The molecule has 0 bridgehead atoms. The van der Waals surface area contributed by atoms with Crippen molar-refractivity contribution in [1.29, 1.82) is 0 Å². The van der Waals surface area contributed by atoms with E-state index in [4.69, 9.17) is 11.6 Å². The van der Waals surface area contributed by atoms with Gasteiger partial charge in [0.05, 0.1) is 5.69 Å². The third kappa shape index (κ3) is 3.44. The second kappa shape index (κ2) is 7.22. The van der Waals surface area contributed by atoms with Crippen molar-refractivity contribution in [2.75, 3.05) is 31.1 Å². The highest BCUT2D eigenvalue weighted by Gasteiger charge is 2.23. The van der Waals surface area contributed by atoms with Gasteiger partial charge in [0.25, 0.3) is 5.91 Å². The number of halogens is 1. The van der Waals surface area contributed by atoms with E-state index in [0.717, 1.165) is 35.1 Å². The summed E-state index contributed by atoms with van der Waals surface area (Å²) in [4.78, 5) is 16.9. The Morgan fingerprint density at radius 2 is 1.73 bits per heavy atom. The molecule has 1 saturated heterocycles. The molecule has 1 N–H and O–H groups in total. The summed E-state index contributed by atoms with van der Waals surface area (Å²) in [6.45, 7) is 2.91. The van der Waals surface area contributed by atoms with Gasteiger partial charge >= 0.3 is 0 Å². The first-order chi connectivity index (χ1) is 12.7. The highest BCUT2D eigenvalue weighted by molar-refractivity contribution is 6.30. The lowest BCUT2D eigenvalue weighted by atomic mass is 10.1. The minimum absolute atomic E-state index is 0.00887. The first-order valence-electron chi connectivity index (χ1n) is 8.61. The van der Waals surface area contributed by atoms with Gasteiger partial charge < -0.3 is 9.80 Å². The first kappa shape index (κ1) is 16.7. The molecule has 1 aliphatic heterocycles. The van der Waals surface area contributed by atoms with E-state index in [1.807, 2.05) is 65.6 Å². The van der Waals surface area contributed by atoms with Crippen LogP contribution in [-0.4, -0.2) is 47.2 Å². The van der Waals surface area contributed by atoms with Crippen molar-refractivity contribution >= 4 is 23.2 Å². The number of piperazine rings is 1. The zero-order valence-corrected chi connectivity index (χ0v) is 15.0. The van der Waals surface area contributed by atoms with Gasteiger partial charge in [-0.05, 0) is 24.3 Å². The molecule has 132 valence electrons. The van der Waals surface area contributed by atoms with Crippen molar-refractivity contribution in [1.82, 2.24) is 15.1 Å². The van der Waals surface area contributed by atoms with E-state index in [-0.39, 0.29) is 5.91 Å². The van der Waals surface area contributed by atoms with Gasteiger partial charge in [-0.3, -0.25) is 9.89 Å². The summed E-state index contributed by atoms with van der Waals surface area (Å²) in [6, 6.07) is 19.5. The fraction of sp³-hybridized carbons (Fsp3) is 0.200. The Hall–Kier alpha value is -2.79. The lowest BCUT2D eigenvalue weighted by Crippen LogP contribution is -2.48. The molecule has 26 heavy (non-hydrogen) atoms. The van der Waals surface area contributed by atoms with Gasteiger partial charge in [0.2, 0.25) is 0 Å². The molecule has 0 saturated carbocycles. The lowest BCUT2D eigenvalue weighted by Gasteiger charge is -2.36. The molecule has 1 aliphatic rings. The Morgan fingerprint density at radius 3 is 2.46 bits per heavy atom. The van der Waals surface area contributed by atoms with Crippen LogP contribution in [0.5, 0.6) is 0 Å². The third-order valence-corrected chi connectivity index (χ3v) is 4.85. The van der Waals surface area contributed by atoms with Crippen molar-refractivity contribution in [3.05, 3.63) is 71.4 Å². The average molecular weight is 367 g/mol. The second-order valence-electron chi connectivity index (χ2n) is 6.29. The maximum atomic E-state index is 12.8. The predicted molar refractivity (Wildman–Crippen MR) is 104 cm³/mol. The molecule has 5 nitrogen and oxygen atoms in total. The number of benzene rings is 2. The molecule has 1 fully saturated rings. The summed E-state index contributed by atoms with van der Waals surface area (Å²) in [7, 11) is 0. The van der Waals surface area contributed by atoms with E-state index in [0.29, 0.717) is 18.8 Å². The van der Waals surface area contributed by atoms with E-state index < -0.39 is 0 Å². The fourth-order valence-electron chi connectivity index (χ4n) is 3.20. The summed E-state index contributed by atoms with van der Waals surface area (Å²) < 4.78 is 0. The third-order valence-electron chi connectivity index (χ3n) is 4.62. The second-order valence-corrected chi connectivity index (χ2v) is 6.73. The summed E-state index contributed by atoms with van der Waals surface area (Å²) in [5.41, 5.74) is 3.40. The molecule has 0 spiro atoms.